The highest BCUT2D eigenvalue weighted by molar-refractivity contribution is 4.83. The van der Waals surface area contributed by atoms with Gasteiger partial charge >= 0.3 is 0 Å². The molecule has 1 aliphatic carbocycles. The molecule has 0 nitrogen and oxygen atoms in total. The minimum atomic E-state index is 0.947. The third-order valence-electron chi connectivity index (χ3n) is 4.00. The summed E-state index contributed by atoms with van der Waals surface area (Å²) in [5.41, 5.74) is 0. The SMILES string of the molecule is CCCC(C)C(C)C1CCC1C. The maximum absolute atomic E-state index is 2.46. The molecule has 0 N–H and O–H groups in total. The summed E-state index contributed by atoms with van der Waals surface area (Å²) >= 11 is 0. The van der Waals surface area contributed by atoms with Crippen LogP contribution in [0.1, 0.15) is 53.4 Å². The molecule has 0 aliphatic heterocycles. The first kappa shape index (κ1) is 10.1. The van der Waals surface area contributed by atoms with Crippen molar-refractivity contribution in [3.63, 3.8) is 0 Å². The van der Waals surface area contributed by atoms with Crippen LogP contribution >= 0.6 is 0 Å². The molecule has 0 aromatic rings. The van der Waals surface area contributed by atoms with E-state index < -0.39 is 0 Å². The number of hydrogen-bond donors (Lipinski definition) is 0. The fraction of sp³-hybridized carbons (Fsp3) is 1.00. The Kier molecular flexibility index (Phi) is 3.61. The van der Waals surface area contributed by atoms with Gasteiger partial charge in [-0.25, -0.2) is 0 Å². The Morgan fingerprint density at radius 3 is 2.25 bits per heavy atom. The first-order valence-corrected chi connectivity index (χ1v) is 5.66. The maximum atomic E-state index is 2.46. The highest BCUT2D eigenvalue weighted by Gasteiger charge is 2.33. The van der Waals surface area contributed by atoms with E-state index >= 15 is 0 Å². The lowest BCUT2D eigenvalue weighted by molar-refractivity contribution is 0.0915. The molecule has 0 spiro atoms. The zero-order valence-electron chi connectivity index (χ0n) is 9.14. The van der Waals surface area contributed by atoms with Crippen molar-refractivity contribution in [3.8, 4) is 0 Å². The summed E-state index contributed by atoms with van der Waals surface area (Å²) in [6.07, 6.45) is 5.75. The van der Waals surface area contributed by atoms with E-state index in [1.54, 1.807) is 0 Å². The van der Waals surface area contributed by atoms with E-state index in [2.05, 4.69) is 27.7 Å². The molecule has 1 aliphatic rings. The Balaban J connectivity index is 2.30. The second-order valence-corrected chi connectivity index (χ2v) is 4.84. The van der Waals surface area contributed by atoms with Gasteiger partial charge in [-0.3, -0.25) is 0 Å². The van der Waals surface area contributed by atoms with E-state index in [0.717, 1.165) is 23.7 Å². The number of rotatable bonds is 4. The lowest BCUT2D eigenvalue weighted by Crippen LogP contribution is -2.32. The van der Waals surface area contributed by atoms with E-state index in [1.165, 1.54) is 25.7 Å². The first-order chi connectivity index (χ1) is 5.66. The topological polar surface area (TPSA) is 0 Å². The van der Waals surface area contributed by atoms with Crippen LogP contribution in [0.15, 0.2) is 0 Å². The van der Waals surface area contributed by atoms with Crippen LogP contribution in [0.5, 0.6) is 0 Å². The van der Waals surface area contributed by atoms with Crippen LogP contribution in [0.2, 0.25) is 0 Å². The van der Waals surface area contributed by atoms with Gasteiger partial charge in [0.25, 0.3) is 0 Å². The lowest BCUT2D eigenvalue weighted by Gasteiger charge is -2.41. The van der Waals surface area contributed by atoms with Gasteiger partial charge in [0.15, 0.2) is 0 Å². The summed E-state index contributed by atoms with van der Waals surface area (Å²) in [7, 11) is 0. The summed E-state index contributed by atoms with van der Waals surface area (Å²) in [5, 5.41) is 0. The fourth-order valence-electron chi connectivity index (χ4n) is 2.61. The maximum Gasteiger partial charge on any atom is -0.0360 e. The third kappa shape index (κ3) is 2.02. The van der Waals surface area contributed by atoms with Gasteiger partial charge in [-0.15, -0.1) is 0 Å². The highest BCUT2D eigenvalue weighted by Crippen LogP contribution is 2.42. The van der Waals surface area contributed by atoms with Gasteiger partial charge in [0.2, 0.25) is 0 Å². The molecule has 0 amide bonds. The molecule has 0 aromatic carbocycles. The van der Waals surface area contributed by atoms with Gasteiger partial charge in [0.05, 0.1) is 0 Å². The molecule has 0 saturated heterocycles. The summed E-state index contributed by atoms with van der Waals surface area (Å²) in [6, 6.07) is 0. The molecular weight excluding hydrogens is 144 g/mol. The van der Waals surface area contributed by atoms with Gasteiger partial charge < -0.3 is 0 Å². The predicted octanol–water partition coefficient (Wildman–Crippen LogP) is 4.10. The van der Waals surface area contributed by atoms with E-state index in [0.29, 0.717) is 0 Å². The van der Waals surface area contributed by atoms with Crippen molar-refractivity contribution in [1.82, 2.24) is 0 Å². The normalized spacial score (nSPS) is 34.0. The van der Waals surface area contributed by atoms with Gasteiger partial charge in [-0.2, -0.15) is 0 Å². The van der Waals surface area contributed by atoms with Crippen LogP contribution in [0.25, 0.3) is 0 Å². The first-order valence-electron chi connectivity index (χ1n) is 5.66. The van der Waals surface area contributed by atoms with Gasteiger partial charge in [0.1, 0.15) is 0 Å². The van der Waals surface area contributed by atoms with Crippen molar-refractivity contribution in [2.75, 3.05) is 0 Å². The third-order valence-corrected chi connectivity index (χ3v) is 4.00. The Bertz CT molecular complexity index is 128. The molecule has 1 rings (SSSR count). The second kappa shape index (κ2) is 4.30. The van der Waals surface area contributed by atoms with Crippen molar-refractivity contribution in [2.24, 2.45) is 23.7 Å². The summed E-state index contributed by atoms with van der Waals surface area (Å²) < 4.78 is 0. The average Bonchev–Trinajstić information content (AvgIpc) is 2.02. The Labute approximate surface area is 77.7 Å². The van der Waals surface area contributed by atoms with Crippen LogP contribution in [-0.2, 0) is 0 Å². The standard InChI is InChI=1S/C12H24/c1-5-6-9(2)11(4)12-8-7-10(12)3/h9-12H,5-8H2,1-4H3. The molecule has 0 radical (unpaired) electrons. The number of hydrogen-bond acceptors (Lipinski definition) is 0. The minimum absolute atomic E-state index is 0.947. The van der Waals surface area contributed by atoms with Crippen LogP contribution in [-0.4, -0.2) is 0 Å². The van der Waals surface area contributed by atoms with Crippen LogP contribution < -0.4 is 0 Å². The Morgan fingerprint density at radius 1 is 1.25 bits per heavy atom. The van der Waals surface area contributed by atoms with E-state index in [9.17, 15) is 0 Å². The molecular formula is C12H24. The van der Waals surface area contributed by atoms with E-state index in [4.69, 9.17) is 0 Å². The largest absolute Gasteiger partial charge is 0.0654 e. The molecule has 4 atom stereocenters. The van der Waals surface area contributed by atoms with Gasteiger partial charge in [-0.1, -0.05) is 47.0 Å². The second-order valence-electron chi connectivity index (χ2n) is 4.84. The van der Waals surface area contributed by atoms with E-state index in [1.807, 2.05) is 0 Å². The van der Waals surface area contributed by atoms with Crippen molar-refractivity contribution >= 4 is 0 Å². The lowest BCUT2D eigenvalue weighted by atomic mass is 9.65. The fourth-order valence-corrected chi connectivity index (χ4v) is 2.61. The molecule has 1 saturated carbocycles. The summed E-state index contributed by atoms with van der Waals surface area (Å²) in [4.78, 5) is 0. The zero-order valence-corrected chi connectivity index (χ0v) is 9.14. The van der Waals surface area contributed by atoms with Gasteiger partial charge in [0, 0.05) is 0 Å². The molecule has 12 heavy (non-hydrogen) atoms. The quantitative estimate of drug-likeness (QED) is 0.592. The zero-order chi connectivity index (χ0) is 9.14. The van der Waals surface area contributed by atoms with E-state index in [-0.39, 0.29) is 0 Å². The van der Waals surface area contributed by atoms with Crippen LogP contribution in [0.3, 0.4) is 0 Å². The molecule has 0 bridgehead atoms. The predicted molar refractivity (Wildman–Crippen MR) is 55.1 cm³/mol. The minimum Gasteiger partial charge on any atom is -0.0654 e. The van der Waals surface area contributed by atoms with Crippen molar-refractivity contribution in [3.05, 3.63) is 0 Å². The average molecular weight is 168 g/mol. The molecule has 1 fully saturated rings. The van der Waals surface area contributed by atoms with Crippen molar-refractivity contribution in [2.45, 2.75) is 53.4 Å². The molecule has 0 aromatic heterocycles. The monoisotopic (exact) mass is 168 g/mol. The van der Waals surface area contributed by atoms with Crippen molar-refractivity contribution in [1.29, 1.82) is 0 Å². The molecule has 72 valence electrons. The van der Waals surface area contributed by atoms with Crippen LogP contribution in [0, 0.1) is 23.7 Å². The van der Waals surface area contributed by atoms with Gasteiger partial charge in [-0.05, 0) is 30.1 Å². The van der Waals surface area contributed by atoms with Crippen LogP contribution in [0.4, 0.5) is 0 Å². The smallest absolute Gasteiger partial charge is 0.0360 e. The molecule has 0 heterocycles. The molecule has 0 heteroatoms. The Morgan fingerprint density at radius 2 is 1.92 bits per heavy atom. The highest BCUT2D eigenvalue weighted by atomic mass is 14.4. The van der Waals surface area contributed by atoms with Crippen molar-refractivity contribution < 1.29 is 0 Å². The summed E-state index contributed by atoms with van der Waals surface area (Å²) in [5.74, 6) is 3.97. The Hall–Kier alpha value is 0. The molecule has 4 unspecified atom stereocenters. The summed E-state index contributed by atoms with van der Waals surface area (Å²) in [6.45, 7) is 9.61.